The SMILES string of the molecule is CCOC(=O)C1=C(c2ccccc2)Nc2c(c(=O)n(C)c(=O)n2C)[C@@H]1c1ccc(C)s1. The Morgan fingerprint density at radius 2 is 1.81 bits per heavy atom. The molecule has 1 aromatic carbocycles. The van der Waals surface area contributed by atoms with Crippen LogP contribution in [-0.4, -0.2) is 21.7 Å². The van der Waals surface area contributed by atoms with Crippen molar-refractivity contribution < 1.29 is 9.53 Å². The largest absolute Gasteiger partial charge is 0.463 e. The van der Waals surface area contributed by atoms with Gasteiger partial charge in [0.2, 0.25) is 0 Å². The van der Waals surface area contributed by atoms with Gasteiger partial charge < -0.3 is 10.1 Å². The minimum atomic E-state index is -0.658. The number of hydrogen-bond donors (Lipinski definition) is 1. The summed E-state index contributed by atoms with van der Waals surface area (Å²) in [5.74, 6) is -0.766. The zero-order valence-corrected chi connectivity index (χ0v) is 18.6. The van der Waals surface area contributed by atoms with Crippen LogP contribution in [0.4, 0.5) is 5.82 Å². The van der Waals surface area contributed by atoms with Crippen LogP contribution in [0, 0.1) is 6.92 Å². The van der Waals surface area contributed by atoms with Gasteiger partial charge in [-0.2, -0.15) is 0 Å². The number of benzene rings is 1. The van der Waals surface area contributed by atoms with Gasteiger partial charge in [-0.15, -0.1) is 11.3 Å². The smallest absolute Gasteiger partial charge is 0.337 e. The van der Waals surface area contributed by atoms with Crippen LogP contribution in [0.15, 0.2) is 57.6 Å². The minimum absolute atomic E-state index is 0.207. The number of ether oxygens (including phenoxy) is 1. The van der Waals surface area contributed by atoms with Gasteiger partial charge in [0.25, 0.3) is 5.56 Å². The summed E-state index contributed by atoms with van der Waals surface area (Å²) in [5.41, 5.74) is 1.14. The number of esters is 1. The van der Waals surface area contributed by atoms with E-state index in [0.717, 1.165) is 19.9 Å². The number of fused-ring (bicyclic) bond motifs is 1. The van der Waals surface area contributed by atoms with Crippen molar-refractivity contribution in [1.29, 1.82) is 0 Å². The molecule has 1 aliphatic heterocycles. The summed E-state index contributed by atoms with van der Waals surface area (Å²) in [7, 11) is 3.06. The highest BCUT2D eigenvalue weighted by molar-refractivity contribution is 7.12. The Morgan fingerprint density at radius 3 is 2.42 bits per heavy atom. The predicted molar refractivity (Wildman–Crippen MR) is 121 cm³/mol. The number of nitrogens with one attached hydrogen (secondary N) is 1. The Balaban J connectivity index is 2.13. The summed E-state index contributed by atoms with van der Waals surface area (Å²) in [6.07, 6.45) is 0. The Labute approximate surface area is 183 Å². The van der Waals surface area contributed by atoms with E-state index in [1.165, 1.54) is 23.0 Å². The van der Waals surface area contributed by atoms with Crippen molar-refractivity contribution in [2.75, 3.05) is 11.9 Å². The zero-order chi connectivity index (χ0) is 22.3. The van der Waals surface area contributed by atoms with Crippen molar-refractivity contribution >= 4 is 28.8 Å². The van der Waals surface area contributed by atoms with Crippen LogP contribution in [0.25, 0.3) is 5.70 Å². The first kappa shape index (κ1) is 20.9. The number of aromatic nitrogens is 2. The van der Waals surface area contributed by atoms with Crippen molar-refractivity contribution in [2.24, 2.45) is 14.1 Å². The molecule has 31 heavy (non-hydrogen) atoms. The summed E-state index contributed by atoms with van der Waals surface area (Å²) >= 11 is 1.51. The lowest BCUT2D eigenvalue weighted by Gasteiger charge is -2.31. The van der Waals surface area contributed by atoms with Gasteiger partial charge in [-0.25, -0.2) is 9.59 Å². The van der Waals surface area contributed by atoms with Crippen molar-refractivity contribution in [3.63, 3.8) is 0 Å². The molecule has 0 fully saturated rings. The highest BCUT2D eigenvalue weighted by Gasteiger charge is 2.39. The summed E-state index contributed by atoms with van der Waals surface area (Å²) in [5, 5.41) is 3.22. The van der Waals surface area contributed by atoms with E-state index in [0.29, 0.717) is 22.7 Å². The van der Waals surface area contributed by atoms with Crippen molar-refractivity contribution in [2.45, 2.75) is 19.8 Å². The molecule has 0 saturated heterocycles. The van der Waals surface area contributed by atoms with Gasteiger partial charge >= 0.3 is 11.7 Å². The standard InChI is InChI=1S/C23H23N3O4S/c1-5-30-22(28)17-16(15-12-11-13(2)31-15)18-20(25(3)23(29)26(4)21(18)27)24-19(17)14-9-7-6-8-10-14/h6-12,16,24H,5H2,1-4H3/t16-/m1/s1. The van der Waals surface area contributed by atoms with Crippen LogP contribution >= 0.6 is 11.3 Å². The molecule has 4 rings (SSSR count). The minimum Gasteiger partial charge on any atom is -0.463 e. The van der Waals surface area contributed by atoms with E-state index in [1.54, 1.807) is 14.0 Å². The Kier molecular flexibility index (Phi) is 5.41. The molecule has 0 saturated carbocycles. The summed E-state index contributed by atoms with van der Waals surface area (Å²) < 4.78 is 7.91. The normalized spacial score (nSPS) is 15.4. The molecule has 7 nitrogen and oxygen atoms in total. The average Bonchev–Trinajstić information content (AvgIpc) is 3.21. The summed E-state index contributed by atoms with van der Waals surface area (Å²) in [6, 6.07) is 13.3. The highest BCUT2D eigenvalue weighted by atomic mass is 32.1. The first-order chi connectivity index (χ1) is 14.8. The summed E-state index contributed by atoms with van der Waals surface area (Å²) in [6.45, 7) is 3.93. The fourth-order valence-corrected chi connectivity index (χ4v) is 4.91. The number of thiophene rings is 1. The molecule has 0 spiro atoms. The molecule has 2 aromatic heterocycles. The molecule has 8 heteroatoms. The second-order valence-corrected chi connectivity index (χ2v) is 8.67. The quantitative estimate of drug-likeness (QED) is 0.635. The molecule has 0 aliphatic carbocycles. The van der Waals surface area contributed by atoms with Crippen molar-refractivity contribution in [3.05, 3.63) is 89.8 Å². The first-order valence-electron chi connectivity index (χ1n) is 9.95. The number of nitrogens with zero attached hydrogens (tertiary/aromatic N) is 2. The van der Waals surface area contributed by atoms with Gasteiger partial charge in [0, 0.05) is 23.8 Å². The molecular weight excluding hydrogens is 414 g/mol. The fraction of sp³-hybridized carbons (Fsp3) is 0.261. The maximum absolute atomic E-state index is 13.3. The number of carbonyl (C=O) groups is 1. The molecule has 0 unspecified atom stereocenters. The molecule has 3 aromatic rings. The Hall–Kier alpha value is -3.39. The summed E-state index contributed by atoms with van der Waals surface area (Å²) in [4.78, 5) is 41.1. The van der Waals surface area contributed by atoms with Crippen LogP contribution in [0.1, 0.15) is 33.7 Å². The molecular formula is C23H23N3O4S. The predicted octanol–water partition coefficient (Wildman–Crippen LogP) is 2.99. The average molecular weight is 438 g/mol. The number of aryl methyl sites for hydroxylation is 1. The van der Waals surface area contributed by atoms with Gasteiger partial charge in [-0.3, -0.25) is 13.9 Å². The van der Waals surface area contributed by atoms with E-state index in [1.807, 2.05) is 49.4 Å². The van der Waals surface area contributed by atoms with Crippen molar-refractivity contribution in [1.82, 2.24) is 9.13 Å². The molecule has 0 bridgehead atoms. The Bertz CT molecular complexity index is 1310. The third-order valence-electron chi connectivity index (χ3n) is 5.39. The second kappa shape index (κ2) is 8.03. The molecule has 3 heterocycles. The van der Waals surface area contributed by atoms with Crippen LogP contribution in [0.3, 0.4) is 0 Å². The third kappa shape index (κ3) is 3.42. The molecule has 0 radical (unpaired) electrons. The van der Waals surface area contributed by atoms with Crippen LogP contribution in [0.5, 0.6) is 0 Å². The first-order valence-corrected chi connectivity index (χ1v) is 10.8. The van der Waals surface area contributed by atoms with Crippen molar-refractivity contribution in [3.8, 4) is 0 Å². The molecule has 160 valence electrons. The zero-order valence-electron chi connectivity index (χ0n) is 17.8. The lowest BCUT2D eigenvalue weighted by molar-refractivity contribution is -0.138. The topological polar surface area (TPSA) is 82.3 Å². The molecule has 1 N–H and O–H groups in total. The molecule has 1 atom stereocenters. The van der Waals surface area contributed by atoms with Gasteiger partial charge in [0.15, 0.2) is 0 Å². The number of carbonyl (C=O) groups excluding carboxylic acids is 1. The monoisotopic (exact) mass is 437 g/mol. The fourth-order valence-electron chi connectivity index (χ4n) is 3.91. The Morgan fingerprint density at radius 1 is 1.10 bits per heavy atom. The van der Waals surface area contributed by atoms with E-state index in [-0.39, 0.29) is 6.61 Å². The molecule has 0 amide bonds. The van der Waals surface area contributed by atoms with Gasteiger partial charge in [0.05, 0.1) is 29.4 Å². The maximum Gasteiger partial charge on any atom is 0.337 e. The lowest BCUT2D eigenvalue weighted by Crippen LogP contribution is -2.43. The van der Waals surface area contributed by atoms with E-state index in [2.05, 4.69) is 5.32 Å². The lowest BCUT2D eigenvalue weighted by atomic mass is 9.84. The number of hydrogen-bond acceptors (Lipinski definition) is 6. The van der Waals surface area contributed by atoms with Gasteiger partial charge in [-0.05, 0) is 31.5 Å². The third-order valence-corrected chi connectivity index (χ3v) is 6.46. The molecule has 1 aliphatic rings. The van der Waals surface area contributed by atoms with E-state index >= 15 is 0 Å². The van der Waals surface area contributed by atoms with Gasteiger partial charge in [-0.1, -0.05) is 30.3 Å². The maximum atomic E-state index is 13.3. The second-order valence-electron chi connectivity index (χ2n) is 7.35. The van der Waals surface area contributed by atoms with E-state index in [9.17, 15) is 14.4 Å². The van der Waals surface area contributed by atoms with E-state index < -0.39 is 23.1 Å². The van der Waals surface area contributed by atoms with Gasteiger partial charge in [0.1, 0.15) is 5.82 Å². The number of anilines is 1. The van der Waals surface area contributed by atoms with Crippen LogP contribution in [-0.2, 0) is 23.6 Å². The van der Waals surface area contributed by atoms with Crippen LogP contribution in [0.2, 0.25) is 0 Å². The number of rotatable bonds is 4. The highest BCUT2D eigenvalue weighted by Crippen LogP contribution is 2.44. The van der Waals surface area contributed by atoms with E-state index in [4.69, 9.17) is 4.74 Å². The van der Waals surface area contributed by atoms with Crippen LogP contribution < -0.4 is 16.6 Å².